The predicted octanol–water partition coefficient (Wildman–Crippen LogP) is 6.39. The van der Waals surface area contributed by atoms with E-state index in [0.29, 0.717) is 25.4 Å². The number of carbonyl (C=O) groups is 2. The average molecular weight is 648 g/mol. The van der Waals surface area contributed by atoms with Gasteiger partial charge in [0.15, 0.2) is 0 Å². The predicted molar refractivity (Wildman–Crippen MR) is 153 cm³/mol. The number of nitrogens with zero attached hydrogens (tertiary/aromatic N) is 2. The number of carbonyl (C=O) groups excluding carboxylic acids is 2. The zero-order valence-electron chi connectivity index (χ0n) is 21.5. The van der Waals surface area contributed by atoms with Crippen molar-refractivity contribution in [3.05, 3.63) is 113 Å². The molecule has 0 spiro atoms. The van der Waals surface area contributed by atoms with Gasteiger partial charge in [0.1, 0.15) is 17.6 Å². The van der Waals surface area contributed by atoms with Crippen LogP contribution < -0.4 is 14.5 Å². The number of anilines is 1. The summed E-state index contributed by atoms with van der Waals surface area (Å²) in [5, 5.41) is 11.4. The number of non-ortho nitro benzene ring substituents is 1. The molecule has 0 aliphatic carbocycles. The molecule has 3 atom stereocenters. The van der Waals surface area contributed by atoms with Crippen molar-refractivity contribution < 1.29 is 32.4 Å². The molecule has 2 aliphatic rings. The molecule has 6 rings (SSSR count). The third-order valence-corrected chi connectivity index (χ3v) is 9.71. The van der Waals surface area contributed by atoms with Gasteiger partial charge < -0.3 is 9.72 Å². The van der Waals surface area contributed by atoms with Gasteiger partial charge in [0.25, 0.3) is 5.69 Å². The molecule has 3 heterocycles. The molecule has 0 bridgehead atoms. The van der Waals surface area contributed by atoms with Gasteiger partial charge in [0.2, 0.25) is 11.8 Å². The Morgan fingerprint density at radius 2 is 1.79 bits per heavy atom. The van der Waals surface area contributed by atoms with E-state index in [0.717, 1.165) is 41.3 Å². The van der Waals surface area contributed by atoms with Gasteiger partial charge in [-0.05, 0) is 42.0 Å². The Kier molecular flexibility index (Phi) is 7.30. The average Bonchev–Trinajstić information content (AvgIpc) is 3.45. The van der Waals surface area contributed by atoms with Gasteiger partial charge >= 0.3 is 11.0 Å². The number of H-pyrrole nitrogens is 1. The van der Waals surface area contributed by atoms with E-state index in [1.165, 1.54) is 24.3 Å². The molecule has 0 saturated carbocycles. The van der Waals surface area contributed by atoms with Gasteiger partial charge in [0, 0.05) is 33.5 Å². The zero-order valence-corrected chi connectivity index (χ0v) is 23.9. The largest absolute Gasteiger partial charge is 0.489 e. The molecule has 3 unspecified atom stereocenters. The van der Waals surface area contributed by atoms with Crippen LogP contribution in [-0.2, 0) is 22.4 Å². The molecule has 4 aromatic rings. The summed E-state index contributed by atoms with van der Waals surface area (Å²) in [5.74, 6) is -3.68. The third-order valence-electron chi connectivity index (χ3n) is 7.08. The molecule has 0 radical (unpaired) electrons. The number of aromatic nitrogens is 1. The van der Waals surface area contributed by atoms with Crippen molar-refractivity contribution >= 4 is 57.9 Å². The molecule has 9 nitrogen and oxygen atoms in total. The minimum Gasteiger partial charge on any atom is -0.489 e. The van der Waals surface area contributed by atoms with Crippen molar-refractivity contribution in [2.24, 2.45) is 5.92 Å². The Hall–Kier alpha value is -4.14. The van der Waals surface area contributed by atoms with E-state index in [4.69, 9.17) is 16.3 Å². The fourth-order valence-electron chi connectivity index (χ4n) is 5.24. The SMILES string of the molecule is O=C1C2Sc3[nH]c(=O)sc3C(c3cc([N+](=O)[O-])ccc3OCc3cccc(Cl)c3)C2C(=O)N1c1cccc(C(F)(F)F)c1. The van der Waals surface area contributed by atoms with Crippen molar-refractivity contribution in [1.29, 1.82) is 0 Å². The summed E-state index contributed by atoms with van der Waals surface area (Å²) in [7, 11) is 0. The molecule has 2 amide bonds. The highest BCUT2D eigenvalue weighted by atomic mass is 35.5. The number of halogens is 4. The standard InChI is InChI=1S/C28H17ClF3N3O6S2/c29-15-5-1-3-13(9-15)12-41-19-8-7-17(35(39)40)11-18(19)20-21-23(42-24-22(20)43-27(38)33-24)26(37)34(25(21)36)16-6-2-4-14(10-16)28(30,31)32/h1-11,20-21,23H,12H2,(H,33,38). The van der Waals surface area contributed by atoms with Gasteiger partial charge in [-0.2, -0.15) is 13.2 Å². The second-order valence-corrected chi connectivity index (χ2v) is 12.3. The number of rotatable bonds is 6. The molecule has 3 aromatic carbocycles. The molecule has 1 saturated heterocycles. The van der Waals surface area contributed by atoms with Gasteiger partial charge in [-0.15, -0.1) is 0 Å². The lowest BCUT2D eigenvalue weighted by atomic mass is 9.82. The van der Waals surface area contributed by atoms with E-state index in [1.807, 2.05) is 0 Å². The first-order chi connectivity index (χ1) is 20.4. The lowest BCUT2D eigenvalue weighted by Crippen LogP contribution is -2.32. The number of hydrogen-bond acceptors (Lipinski definition) is 8. The van der Waals surface area contributed by atoms with Crippen molar-refractivity contribution in [3.8, 4) is 5.75 Å². The smallest absolute Gasteiger partial charge is 0.416 e. The van der Waals surface area contributed by atoms with Crippen LogP contribution in [0.3, 0.4) is 0 Å². The Bertz CT molecular complexity index is 1860. The number of imide groups is 1. The molecule has 1 fully saturated rings. The Morgan fingerprint density at radius 3 is 2.51 bits per heavy atom. The summed E-state index contributed by atoms with van der Waals surface area (Å²) in [4.78, 5) is 54.5. The first kappa shape index (κ1) is 29.0. The van der Waals surface area contributed by atoms with Gasteiger partial charge in [-0.3, -0.25) is 24.5 Å². The molecule has 2 aliphatic heterocycles. The van der Waals surface area contributed by atoms with Crippen LogP contribution in [0, 0.1) is 16.0 Å². The number of nitro groups is 1. The highest BCUT2D eigenvalue weighted by molar-refractivity contribution is 8.00. The highest BCUT2D eigenvalue weighted by Gasteiger charge is 2.57. The molecular weight excluding hydrogens is 631 g/mol. The Morgan fingerprint density at radius 1 is 1.02 bits per heavy atom. The molecule has 1 N–H and O–H groups in total. The summed E-state index contributed by atoms with van der Waals surface area (Å²) < 4.78 is 46.5. The van der Waals surface area contributed by atoms with Crippen LogP contribution in [0.15, 0.2) is 76.6 Å². The number of nitrogens with one attached hydrogen (secondary N) is 1. The van der Waals surface area contributed by atoms with E-state index in [2.05, 4.69) is 4.98 Å². The highest BCUT2D eigenvalue weighted by Crippen LogP contribution is 2.55. The number of amides is 2. The van der Waals surface area contributed by atoms with Crippen molar-refractivity contribution in [1.82, 2.24) is 4.98 Å². The molecule has 220 valence electrons. The lowest BCUT2D eigenvalue weighted by Gasteiger charge is -2.30. The first-order valence-electron chi connectivity index (χ1n) is 12.5. The summed E-state index contributed by atoms with van der Waals surface area (Å²) in [6, 6.07) is 14.5. The summed E-state index contributed by atoms with van der Waals surface area (Å²) in [5.41, 5.74) is -0.759. The van der Waals surface area contributed by atoms with E-state index in [1.54, 1.807) is 24.3 Å². The van der Waals surface area contributed by atoms with Crippen molar-refractivity contribution in [2.75, 3.05) is 4.90 Å². The fraction of sp³-hybridized carbons (Fsp3) is 0.179. The quantitative estimate of drug-likeness (QED) is 0.146. The van der Waals surface area contributed by atoms with Crippen LogP contribution in [0.2, 0.25) is 5.02 Å². The van der Waals surface area contributed by atoms with Crippen molar-refractivity contribution in [3.63, 3.8) is 0 Å². The van der Waals surface area contributed by atoms with Crippen LogP contribution in [-0.4, -0.2) is 27.0 Å². The second-order valence-electron chi connectivity index (χ2n) is 9.71. The van der Waals surface area contributed by atoms with Crippen LogP contribution in [0.1, 0.15) is 27.5 Å². The van der Waals surface area contributed by atoms with E-state index < -0.39 is 50.4 Å². The Labute approximate surface area is 253 Å². The van der Waals surface area contributed by atoms with E-state index in [9.17, 15) is 37.7 Å². The summed E-state index contributed by atoms with van der Waals surface area (Å²) >= 11 is 7.79. The molecular formula is C28H17ClF3N3O6S2. The lowest BCUT2D eigenvalue weighted by molar-refractivity contribution is -0.385. The maximum Gasteiger partial charge on any atom is 0.416 e. The minimum atomic E-state index is -4.71. The van der Waals surface area contributed by atoms with Crippen LogP contribution in [0.4, 0.5) is 24.5 Å². The van der Waals surface area contributed by atoms with E-state index in [-0.39, 0.29) is 29.3 Å². The summed E-state index contributed by atoms with van der Waals surface area (Å²) in [6.45, 7) is 0.000398. The van der Waals surface area contributed by atoms with E-state index >= 15 is 0 Å². The van der Waals surface area contributed by atoms with Crippen LogP contribution in [0.5, 0.6) is 5.75 Å². The van der Waals surface area contributed by atoms with Gasteiger partial charge in [0.05, 0.1) is 27.1 Å². The first-order valence-corrected chi connectivity index (χ1v) is 14.6. The number of nitro benzene ring substituents is 1. The Balaban J connectivity index is 1.47. The van der Waals surface area contributed by atoms with Gasteiger partial charge in [-0.25, -0.2) is 4.90 Å². The molecule has 1 aromatic heterocycles. The summed E-state index contributed by atoms with van der Waals surface area (Å²) in [6.07, 6.45) is -4.71. The minimum absolute atomic E-state index is 0.000398. The number of thioether (sulfide) groups is 1. The third kappa shape index (κ3) is 5.30. The normalized spacial score (nSPS) is 19.7. The van der Waals surface area contributed by atoms with Crippen molar-refractivity contribution in [2.45, 2.75) is 29.0 Å². The number of benzene rings is 3. The van der Waals surface area contributed by atoms with Crippen LogP contribution in [0.25, 0.3) is 0 Å². The topological polar surface area (TPSA) is 123 Å². The number of aromatic amines is 1. The fourth-order valence-corrected chi connectivity index (χ4v) is 7.96. The number of fused-ring (bicyclic) bond motifs is 2. The zero-order chi connectivity index (χ0) is 30.6. The molecule has 43 heavy (non-hydrogen) atoms. The number of ether oxygens (including phenoxy) is 1. The maximum atomic E-state index is 14.0. The molecule has 15 heteroatoms. The number of hydrogen-bond donors (Lipinski definition) is 1. The number of alkyl halides is 3. The second kappa shape index (κ2) is 10.8. The van der Waals surface area contributed by atoms with Gasteiger partial charge in [-0.1, -0.05) is 52.9 Å². The number of thiazole rings is 1. The maximum absolute atomic E-state index is 14.0. The monoisotopic (exact) mass is 647 g/mol. The van der Waals surface area contributed by atoms with Crippen LogP contribution >= 0.6 is 34.7 Å².